The smallest absolute Gasteiger partial charge is 0.227 e. The Kier molecular flexibility index (Phi) is 3.30. The fraction of sp³-hybridized carbons (Fsp3) is 0.214. The van der Waals surface area contributed by atoms with Crippen molar-refractivity contribution in [2.75, 3.05) is 0 Å². The molecule has 4 heteroatoms. The van der Waals surface area contributed by atoms with Gasteiger partial charge >= 0.3 is 0 Å². The summed E-state index contributed by atoms with van der Waals surface area (Å²) < 4.78 is 69.4. The molecule has 0 atom stereocenters. The van der Waals surface area contributed by atoms with E-state index in [-0.39, 0.29) is 17.2 Å². The second-order valence-electron chi connectivity index (χ2n) is 8.33. The standard InChI is InChI=1S/C28H26FN2O/c1-17-6-12-21-22-13-15-24(28(2,3)4)30-27(22)32-26(21)25(17)23-14-9-19(16-31(23)5)18-7-10-20(29)11-8-18/h6-16H,1-5H3/q+1/i2D3,3D3. The van der Waals surface area contributed by atoms with E-state index in [0.717, 1.165) is 33.3 Å². The number of hydrogen-bond acceptors (Lipinski definition) is 2. The maximum atomic E-state index is 13.4. The summed E-state index contributed by atoms with van der Waals surface area (Å²) in [5.74, 6) is -0.295. The Morgan fingerprint density at radius 3 is 2.38 bits per heavy atom. The second-order valence-corrected chi connectivity index (χ2v) is 8.33. The maximum absolute atomic E-state index is 13.4. The highest BCUT2D eigenvalue weighted by Gasteiger charge is 2.23. The lowest BCUT2D eigenvalue weighted by atomic mass is 9.91. The van der Waals surface area contributed by atoms with Gasteiger partial charge in [-0.05, 0) is 48.4 Å². The Labute approximate surface area is 195 Å². The van der Waals surface area contributed by atoms with Gasteiger partial charge in [-0.15, -0.1) is 0 Å². The lowest BCUT2D eigenvalue weighted by Gasteiger charge is -2.16. The van der Waals surface area contributed by atoms with Gasteiger partial charge in [0.2, 0.25) is 11.4 Å². The summed E-state index contributed by atoms with van der Waals surface area (Å²) in [4.78, 5) is 4.44. The van der Waals surface area contributed by atoms with Gasteiger partial charge in [0.25, 0.3) is 0 Å². The summed E-state index contributed by atoms with van der Waals surface area (Å²) in [5.41, 5.74) is 2.97. The van der Waals surface area contributed by atoms with E-state index in [4.69, 9.17) is 12.6 Å². The number of aromatic nitrogens is 2. The van der Waals surface area contributed by atoms with Crippen molar-refractivity contribution < 1.29 is 21.6 Å². The van der Waals surface area contributed by atoms with E-state index in [1.54, 1.807) is 18.2 Å². The molecule has 0 N–H and O–H groups in total. The first-order valence-corrected chi connectivity index (χ1v) is 10.3. The number of aryl methyl sites for hydroxylation is 2. The van der Waals surface area contributed by atoms with Crippen molar-refractivity contribution in [3.05, 3.63) is 83.9 Å². The molecule has 0 saturated carbocycles. The number of nitrogens with zero attached hydrogens (tertiary/aromatic N) is 2. The van der Waals surface area contributed by atoms with E-state index >= 15 is 0 Å². The van der Waals surface area contributed by atoms with E-state index in [9.17, 15) is 4.39 Å². The van der Waals surface area contributed by atoms with Crippen molar-refractivity contribution in [2.45, 2.75) is 33.0 Å². The molecule has 0 aliphatic heterocycles. The average molecular weight is 432 g/mol. The number of hydrogen-bond donors (Lipinski definition) is 0. The molecule has 0 unspecified atom stereocenters. The minimum atomic E-state index is -2.81. The number of furan rings is 1. The molecule has 0 saturated heterocycles. The number of rotatable bonds is 2. The molecule has 3 aromatic heterocycles. The number of halogens is 1. The van der Waals surface area contributed by atoms with Gasteiger partial charge in [0.05, 0.1) is 5.56 Å². The lowest BCUT2D eigenvalue weighted by molar-refractivity contribution is -0.659. The molecule has 0 amide bonds. The highest BCUT2D eigenvalue weighted by molar-refractivity contribution is 6.08. The zero-order valence-electron chi connectivity index (χ0n) is 24.0. The molecule has 0 radical (unpaired) electrons. The van der Waals surface area contributed by atoms with Gasteiger partial charge in [-0.3, -0.25) is 0 Å². The van der Waals surface area contributed by atoms with Crippen LogP contribution in [0.4, 0.5) is 4.39 Å². The third-order valence-corrected chi connectivity index (χ3v) is 5.79. The van der Waals surface area contributed by atoms with Crippen LogP contribution in [-0.2, 0) is 12.5 Å². The summed E-state index contributed by atoms with van der Waals surface area (Å²) in [6.07, 6.45) is 1.96. The van der Waals surface area contributed by atoms with E-state index in [1.165, 1.54) is 25.1 Å². The van der Waals surface area contributed by atoms with Gasteiger partial charge in [0, 0.05) is 41.7 Å². The van der Waals surface area contributed by atoms with Crippen LogP contribution in [-0.4, -0.2) is 4.98 Å². The molecule has 5 aromatic rings. The Balaban J connectivity index is 1.69. The van der Waals surface area contributed by atoms with Crippen LogP contribution >= 0.6 is 0 Å². The summed E-state index contributed by atoms with van der Waals surface area (Å²) in [5, 5.41) is 1.45. The number of pyridine rings is 2. The fourth-order valence-corrected chi connectivity index (χ4v) is 4.10. The maximum Gasteiger partial charge on any atom is 0.227 e. The highest BCUT2D eigenvalue weighted by atomic mass is 19.1. The second kappa shape index (κ2) is 7.27. The Bertz CT molecular complexity index is 1670. The molecule has 0 fully saturated rings. The van der Waals surface area contributed by atoms with Gasteiger partial charge in [-0.1, -0.05) is 44.9 Å². The first-order chi connectivity index (χ1) is 17.7. The van der Waals surface area contributed by atoms with Crippen molar-refractivity contribution in [1.29, 1.82) is 0 Å². The predicted molar refractivity (Wildman–Crippen MR) is 127 cm³/mol. The molecule has 32 heavy (non-hydrogen) atoms. The molecule has 5 rings (SSSR count). The van der Waals surface area contributed by atoms with Gasteiger partial charge in [-0.2, -0.15) is 0 Å². The molecular formula is C28H26FN2O+. The van der Waals surface area contributed by atoms with Crippen LogP contribution in [0, 0.1) is 12.7 Å². The van der Waals surface area contributed by atoms with Crippen molar-refractivity contribution in [2.24, 2.45) is 7.05 Å². The quantitative estimate of drug-likeness (QED) is 0.285. The summed E-state index contributed by atoms with van der Waals surface area (Å²) >= 11 is 0. The summed E-state index contributed by atoms with van der Waals surface area (Å²) in [6.45, 7) is -2.46. The summed E-state index contributed by atoms with van der Waals surface area (Å²) in [7, 11) is 1.91. The molecule has 0 aliphatic rings. The molecule has 0 bridgehead atoms. The van der Waals surface area contributed by atoms with Crippen LogP contribution in [0.15, 0.2) is 71.3 Å². The van der Waals surface area contributed by atoms with Gasteiger partial charge in [0.1, 0.15) is 12.9 Å². The molecule has 2 aromatic carbocycles. The average Bonchev–Trinajstić information content (AvgIpc) is 3.20. The number of benzene rings is 2. The lowest BCUT2D eigenvalue weighted by Crippen LogP contribution is -2.31. The first-order valence-electron chi connectivity index (χ1n) is 13.3. The fourth-order valence-electron chi connectivity index (χ4n) is 4.10. The van der Waals surface area contributed by atoms with E-state index < -0.39 is 19.1 Å². The van der Waals surface area contributed by atoms with Crippen molar-refractivity contribution >= 4 is 22.1 Å². The van der Waals surface area contributed by atoms with Crippen molar-refractivity contribution in [3.8, 4) is 22.4 Å². The molecular weight excluding hydrogens is 399 g/mol. The van der Waals surface area contributed by atoms with E-state index in [0.29, 0.717) is 11.0 Å². The molecule has 0 spiro atoms. The SMILES string of the molecule is [2H]C([2H])([2H])C(C)(c1ccc2c(n1)oc1c(-c3ccc(-c4ccc(F)cc4)c[n+]3C)c(C)ccc12)C([2H])([2H])[2H]. The Morgan fingerprint density at radius 2 is 1.66 bits per heavy atom. The van der Waals surface area contributed by atoms with Gasteiger partial charge < -0.3 is 4.42 Å². The largest absolute Gasteiger partial charge is 0.437 e. The zero-order chi connectivity index (χ0) is 27.6. The molecule has 160 valence electrons. The third kappa shape index (κ3) is 3.36. The van der Waals surface area contributed by atoms with E-state index in [1.807, 2.05) is 49.0 Å². The summed E-state index contributed by atoms with van der Waals surface area (Å²) in [6, 6.07) is 17.3. The minimum absolute atomic E-state index is 0.0727. The van der Waals surface area contributed by atoms with Crippen molar-refractivity contribution in [3.63, 3.8) is 0 Å². The molecule has 3 nitrogen and oxygen atoms in total. The van der Waals surface area contributed by atoms with Crippen LogP contribution in [0.1, 0.15) is 40.1 Å². The topological polar surface area (TPSA) is 29.9 Å². The number of fused-ring (bicyclic) bond motifs is 3. The highest BCUT2D eigenvalue weighted by Crippen LogP contribution is 2.37. The van der Waals surface area contributed by atoms with Gasteiger partial charge in [-0.25, -0.2) is 13.9 Å². The molecule has 3 heterocycles. The van der Waals surface area contributed by atoms with Crippen LogP contribution < -0.4 is 4.57 Å². The van der Waals surface area contributed by atoms with Crippen LogP contribution in [0.5, 0.6) is 0 Å². The van der Waals surface area contributed by atoms with E-state index in [2.05, 4.69) is 4.98 Å². The third-order valence-electron chi connectivity index (χ3n) is 5.79. The van der Waals surface area contributed by atoms with Gasteiger partial charge in [0.15, 0.2) is 11.8 Å². The normalized spacial score (nSPS) is 15.6. The Morgan fingerprint density at radius 1 is 0.938 bits per heavy atom. The van der Waals surface area contributed by atoms with Crippen LogP contribution in [0.3, 0.4) is 0 Å². The minimum Gasteiger partial charge on any atom is -0.437 e. The Hall–Kier alpha value is -3.53. The predicted octanol–water partition coefficient (Wildman–Crippen LogP) is 6.88. The van der Waals surface area contributed by atoms with Crippen LogP contribution in [0.25, 0.3) is 44.5 Å². The van der Waals surface area contributed by atoms with Crippen LogP contribution in [0.2, 0.25) is 0 Å². The van der Waals surface area contributed by atoms with Crippen molar-refractivity contribution in [1.82, 2.24) is 4.98 Å². The first kappa shape index (κ1) is 14.5. The zero-order valence-corrected chi connectivity index (χ0v) is 18.0. The molecule has 0 aliphatic carbocycles. The monoisotopic (exact) mass is 431 g/mol.